The summed E-state index contributed by atoms with van der Waals surface area (Å²) in [4.78, 5) is 13.8. The minimum Gasteiger partial charge on any atom is -0.507 e. The van der Waals surface area contributed by atoms with Crippen molar-refractivity contribution in [3.05, 3.63) is 75.7 Å². The molecule has 3 rings (SSSR count). The standard InChI is InChI=1S/C22H19F3O2S/c1-13-11-15(12-14(2)21(13)27)3-8-18(26)20-10-9-19(28-20)16-4-6-17(7-5-16)22(23,24)25/h4-7,9-12,27H,3,8H2,1-2H3. The first-order valence-electron chi connectivity index (χ1n) is 8.75. The summed E-state index contributed by atoms with van der Waals surface area (Å²) in [6, 6.07) is 12.2. The van der Waals surface area contributed by atoms with Crippen LogP contribution in [0.3, 0.4) is 0 Å². The lowest BCUT2D eigenvalue weighted by Crippen LogP contribution is -2.03. The molecule has 0 saturated heterocycles. The molecule has 1 N–H and O–H groups in total. The molecule has 0 radical (unpaired) electrons. The van der Waals surface area contributed by atoms with Gasteiger partial charge in [-0.15, -0.1) is 11.3 Å². The van der Waals surface area contributed by atoms with Crippen LogP contribution in [0.2, 0.25) is 0 Å². The number of aryl methyl sites for hydroxylation is 3. The molecule has 2 aromatic carbocycles. The number of Topliss-reactive ketones (excluding diaryl/α,β-unsaturated/α-hetero) is 1. The summed E-state index contributed by atoms with van der Waals surface area (Å²) >= 11 is 1.28. The first kappa shape index (κ1) is 20.1. The molecule has 0 saturated carbocycles. The van der Waals surface area contributed by atoms with Crippen LogP contribution in [0.5, 0.6) is 5.75 Å². The lowest BCUT2D eigenvalue weighted by atomic mass is 10.0. The molecule has 2 nitrogen and oxygen atoms in total. The number of thiophene rings is 1. The van der Waals surface area contributed by atoms with Crippen LogP contribution in [0, 0.1) is 13.8 Å². The van der Waals surface area contributed by atoms with Crippen molar-refractivity contribution in [2.45, 2.75) is 32.9 Å². The van der Waals surface area contributed by atoms with E-state index in [-0.39, 0.29) is 11.5 Å². The number of hydrogen-bond donors (Lipinski definition) is 1. The van der Waals surface area contributed by atoms with Crippen molar-refractivity contribution >= 4 is 17.1 Å². The number of ketones is 1. The summed E-state index contributed by atoms with van der Waals surface area (Å²) in [5.74, 6) is 0.265. The zero-order chi connectivity index (χ0) is 20.5. The molecule has 1 heterocycles. The average Bonchev–Trinajstić information content (AvgIpc) is 3.13. The third-order valence-corrected chi connectivity index (χ3v) is 5.74. The first-order valence-corrected chi connectivity index (χ1v) is 9.56. The number of carbonyl (C=O) groups is 1. The van der Waals surface area contributed by atoms with E-state index in [4.69, 9.17) is 0 Å². The average molecular weight is 404 g/mol. The molecule has 0 aliphatic heterocycles. The fraction of sp³-hybridized carbons (Fsp3) is 0.227. The van der Waals surface area contributed by atoms with Crippen LogP contribution in [0.4, 0.5) is 13.2 Å². The Morgan fingerprint density at radius 2 is 1.61 bits per heavy atom. The van der Waals surface area contributed by atoms with Gasteiger partial charge in [0.15, 0.2) is 5.78 Å². The van der Waals surface area contributed by atoms with Gasteiger partial charge < -0.3 is 5.11 Å². The van der Waals surface area contributed by atoms with E-state index in [0.29, 0.717) is 23.3 Å². The Bertz CT molecular complexity index is 978. The zero-order valence-electron chi connectivity index (χ0n) is 15.4. The van der Waals surface area contributed by atoms with Gasteiger partial charge in [-0.05, 0) is 66.8 Å². The van der Waals surface area contributed by atoms with Gasteiger partial charge in [-0.25, -0.2) is 0 Å². The van der Waals surface area contributed by atoms with E-state index >= 15 is 0 Å². The van der Waals surface area contributed by atoms with Gasteiger partial charge in [-0.3, -0.25) is 4.79 Å². The zero-order valence-corrected chi connectivity index (χ0v) is 16.2. The van der Waals surface area contributed by atoms with Gasteiger partial charge in [-0.1, -0.05) is 24.3 Å². The van der Waals surface area contributed by atoms with E-state index in [2.05, 4.69) is 0 Å². The van der Waals surface area contributed by atoms with Crippen molar-refractivity contribution in [3.8, 4) is 16.2 Å². The quantitative estimate of drug-likeness (QED) is 0.488. The van der Waals surface area contributed by atoms with E-state index in [1.807, 2.05) is 26.0 Å². The molecule has 0 atom stereocenters. The molecule has 0 aliphatic rings. The Kier molecular flexibility index (Phi) is 5.61. The smallest absolute Gasteiger partial charge is 0.416 e. The molecule has 0 amide bonds. The molecule has 0 bridgehead atoms. The van der Waals surface area contributed by atoms with Crippen molar-refractivity contribution in [3.63, 3.8) is 0 Å². The van der Waals surface area contributed by atoms with Gasteiger partial charge in [0.05, 0.1) is 10.4 Å². The van der Waals surface area contributed by atoms with E-state index < -0.39 is 11.7 Å². The number of aromatic hydroxyl groups is 1. The molecule has 1 aromatic heterocycles. The van der Waals surface area contributed by atoms with Gasteiger partial charge in [-0.2, -0.15) is 13.2 Å². The maximum Gasteiger partial charge on any atom is 0.416 e. The summed E-state index contributed by atoms with van der Waals surface area (Å²) in [6.07, 6.45) is -3.47. The fourth-order valence-electron chi connectivity index (χ4n) is 3.04. The number of rotatable bonds is 5. The van der Waals surface area contributed by atoms with Crippen LogP contribution in [-0.4, -0.2) is 10.9 Å². The molecular formula is C22H19F3O2S. The summed E-state index contributed by atoms with van der Waals surface area (Å²) in [7, 11) is 0. The summed E-state index contributed by atoms with van der Waals surface area (Å²) < 4.78 is 38.0. The molecular weight excluding hydrogens is 385 g/mol. The van der Waals surface area contributed by atoms with Crippen LogP contribution >= 0.6 is 11.3 Å². The van der Waals surface area contributed by atoms with E-state index in [9.17, 15) is 23.1 Å². The molecule has 0 fully saturated rings. The number of benzene rings is 2. The van der Waals surface area contributed by atoms with Crippen molar-refractivity contribution < 1.29 is 23.1 Å². The highest BCUT2D eigenvalue weighted by atomic mass is 32.1. The first-order chi connectivity index (χ1) is 13.1. The Labute approximate surface area is 165 Å². The van der Waals surface area contributed by atoms with Crippen LogP contribution < -0.4 is 0 Å². The topological polar surface area (TPSA) is 37.3 Å². The van der Waals surface area contributed by atoms with Crippen LogP contribution in [-0.2, 0) is 12.6 Å². The predicted molar refractivity (Wildman–Crippen MR) is 105 cm³/mol. The Balaban J connectivity index is 1.69. The Morgan fingerprint density at radius 3 is 2.18 bits per heavy atom. The molecule has 0 unspecified atom stereocenters. The van der Waals surface area contributed by atoms with Crippen molar-refractivity contribution in [1.29, 1.82) is 0 Å². The maximum absolute atomic E-state index is 12.7. The fourth-order valence-corrected chi connectivity index (χ4v) is 4.02. The predicted octanol–water partition coefficient (Wildman–Crippen LogP) is 6.57. The Morgan fingerprint density at radius 1 is 1.00 bits per heavy atom. The largest absolute Gasteiger partial charge is 0.507 e. The third kappa shape index (κ3) is 4.44. The minimum absolute atomic E-state index is 0.00783. The van der Waals surface area contributed by atoms with Gasteiger partial charge in [0.25, 0.3) is 0 Å². The van der Waals surface area contributed by atoms with Crippen molar-refractivity contribution in [1.82, 2.24) is 0 Å². The van der Waals surface area contributed by atoms with Crippen LogP contribution in [0.25, 0.3) is 10.4 Å². The van der Waals surface area contributed by atoms with Crippen molar-refractivity contribution in [2.24, 2.45) is 0 Å². The number of carbonyl (C=O) groups excluding carboxylic acids is 1. The lowest BCUT2D eigenvalue weighted by Gasteiger charge is -2.07. The molecule has 0 aliphatic carbocycles. The maximum atomic E-state index is 12.7. The van der Waals surface area contributed by atoms with E-state index in [1.165, 1.54) is 23.5 Å². The van der Waals surface area contributed by atoms with Gasteiger partial charge in [0.2, 0.25) is 0 Å². The molecule has 3 aromatic rings. The highest BCUT2D eigenvalue weighted by Gasteiger charge is 2.30. The van der Waals surface area contributed by atoms with Crippen LogP contribution in [0.15, 0.2) is 48.5 Å². The number of phenolic OH excluding ortho intramolecular Hbond substituents is 1. The number of halogens is 3. The Hall–Kier alpha value is -2.60. The number of phenols is 1. The van der Waals surface area contributed by atoms with Crippen molar-refractivity contribution in [2.75, 3.05) is 0 Å². The SMILES string of the molecule is Cc1cc(CCC(=O)c2ccc(-c3ccc(C(F)(F)F)cc3)s2)cc(C)c1O. The monoisotopic (exact) mass is 404 g/mol. The highest BCUT2D eigenvalue weighted by Crippen LogP contribution is 2.33. The lowest BCUT2D eigenvalue weighted by molar-refractivity contribution is -0.137. The normalized spacial score (nSPS) is 11.6. The number of hydrogen-bond acceptors (Lipinski definition) is 3. The van der Waals surface area contributed by atoms with E-state index in [0.717, 1.165) is 33.7 Å². The second kappa shape index (κ2) is 7.80. The molecule has 28 heavy (non-hydrogen) atoms. The molecule has 6 heteroatoms. The molecule has 0 spiro atoms. The third-order valence-electron chi connectivity index (χ3n) is 4.57. The second-order valence-corrected chi connectivity index (χ2v) is 7.82. The van der Waals surface area contributed by atoms with Gasteiger partial charge in [0, 0.05) is 11.3 Å². The second-order valence-electron chi connectivity index (χ2n) is 6.74. The van der Waals surface area contributed by atoms with Crippen LogP contribution in [0.1, 0.15) is 38.3 Å². The summed E-state index contributed by atoms with van der Waals surface area (Å²) in [5.41, 5.74) is 2.51. The summed E-state index contributed by atoms with van der Waals surface area (Å²) in [6.45, 7) is 3.65. The van der Waals surface area contributed by atoms with Gasteiger partial charge >= 0.3 is 6.18 Å². The van der Waals surface area contributed by atoms with Gasteiger partial charge in [0.1, 0.15) is 5.75 Å². The highest BCUT2D eigenvalue weighted by molar-refractivity contribution is 7.17. The number of alkyl halides is 3. The minimum atomic E-state index is -4.36. The molecule has 146 valence electrons. The summed E-state index contributed by atoms with van der Waals surface area (Å²) in [5, 5.41) is 9.83. The van der Waals surface area contributed by atoms with E-state index in [1.54, 1.807) is 12.1 Å².